The van der Waals surface area contributed by atoms with E-state index in [1.54, 1.807) is 0 Å². The summed E-state index contributed by atoms with van der Waals surface area (Å²) >= 11 is 0. The van der Waals surface area contributed by atoms with Gasteiger partial charge in [0.1, 0.15) is 0 Å². The van der Waals surface area contributed by atoms with Gasteiger partial charge < -0.3 is 9.84 Å². The average Bonchev–Trinajstić information content (AvgIpc) is 2.00. The highest BCUT2D eigenvalue weighted by Crippen LogP contribution is 1.94. The minimum atomic E-state index is -0.477. The number of carbonyl (C=O) groups excluding carboxylic acids is 1. The summed E-state index contributed by atoms with van der Waals surface area (Å²) in [4.78, 5) is 18.8. The second-order valence-corrected chi connectivity index (χ2v) is 3.10. The summed E-state index contributed by atoms with van der Waals surface area (Å²) in [6, 6.07) is 0. The van der Waals surface area contributed by atoms with Gasteiger partial charge in [-0.15, -0.1) is 0 Å². The topological polar surface area (TPSA) is 87.7 Å². The maximum atomic E-state index is 10.5. The summed E-state index contributed by atoms with van der Waals surface area (Å²) in [7, 11) is 1.32. The lowest BCUT2D eigenvalue weighted by atomic mass is 10.1. The molecule has 6 nitrogen and oxygen atoms in total. The number of nitrogens with one attached hydrogen (secondary N) is 2. The SMILES string of the molecule is COC(=O)NNC(C)(C)C.O=CO. The maximum absolute atomic E-state index is 10.5. The molecule has 0 spiro atoms. The molecule has 0 radical (unpaired) electrons. The van der Waals surface area contributed by atoms with Crippen molar-refractivity contribution in [2.75, 3.05) is 7.11 Å². The molecule has 0 atom stereocenters. The Labute approximate surface area is 77.2 Å². The lowest BCUT2D eigenvalue weighted by molar-refractivity contribution is -0.122. The number of hydrogen-bond donors (Lipinski definition) is 3. The van der Waals surface area contributed by atoms with E-state index in [9.17, 15) is 4.79 Å². The van der Waals surface area contributed by atoms with Crippen molar-refractivity contribution in [1.82, 2.24) is 10.9 Å². The van der Waals surface area contributed by atoms with Gasteiger partial charge in [-0.05, 0) is 20.8 Å². The molecule has 13 heavy (non-hydrogen) atoms. The Morgan fingerprint density at radius 2 is 1.85 bits per heavy atom. The molecule has 0 aromatic heterocycles. The quantitative estimate of drug-likeness (QED) is 0.412. The largest absolute Gasteiger partial charge is 0.483 e. The highest BCUT2D eigenvalue weighted by atomic mass is 16.5. The number of amides is 1. The van der Waals surface area contributed by atoms with E-state index < -0.39 is 6.09 Å². The summed E-state index contributed by atoms with van der Waals surface area (Å²) in [6.07, 6.45) is -0.477. The first-order valence-electron chi connectivity index (χ1n) is 3.56. The fourth-order valence-corrected chi connectivity index (χ4v) is 0.290. The molecule has 0 saturated heterocycles. The van der Waals surface area contributed by atoms with Crippen molar-refractivity contribution in [2.24, 2.45) is 0 Å². The van der Waals surface area contributed by atoms with Crippen molar-refractivity contribution in [1.29, 1.82) is 0 Å². The predicted molar refractivity (Wildman–Crippen MR) is 47.1 cm³/mol. The van der Waals surface area contributed by atoms with Crippen molar-refractivity contribution < 1.29 is 19.4 Å². The third-order valence-corrected chi connectivity index (χ3v) is 0.725. The van der Waals surface area contributed by atoms with E-state index in [1.165, 1.54) is 7.11 Å². The summed E-state index contributed by atoms with van der Waals surface area (Å²) in [6.45, 7) is 5.55. The predicted octanol–water partition coefficient (Wildman–Crippen LogP) is 0.346. The van der Waals surface area contributed by atoms with Crippen LogP contribution < -0.4 is 10.9 Å². The molecular weight excluding hydrogens is 176 g/mol. The van der Waals surface area contributed by atoms with Crippen molar-refractivity contribution >= 4 is 12.6 Å². The Morgan fingerprint density at radius 3 is 2.08 bits per heavy atom. The number of rotatable bonds is 1. The first-order chi connectivity index (χ1) is 5.87. The third-order valence-electron chi connectivity index (χ3n) is 0.725. The molecule has 6 heteroatoms. The van der Waals surface area contributed by atoms with Gasteiger partial charge in [0, 0.05) is 5.54 Å². The number of carboxylic acid groups (broad SMARTS) is 1. The first kappa shape index (κ1) is 14.2. The molecule has 78 valence electrons. The van der Waals surface area contributed by atoms with Crippen LogP contribution in [0.4, 0.5) is 4.79 Å². The summed E-state index contributed by atoms with van der Waals surface area (Å²) in [5.41, 5.74) is 4.98. The Kier molecular flexibility index (Phi) is 8.05. The van der Waals surface area contributed by atoms with Crippen LogP contribution in [-0.2, 0) is 9.53 Å². The van der Waals surface area contributed by atoms with Crippen molar-refractivity contribution in [3.63, 3.8) is 0 Å². The molecule has 0 rings (SSSR count). The van der Waals surface area contributed by atoms with E-state index in [0.29, 0.717) is 0 Å². The van der Waals surface area contributed by atoms with E-state index in [-0.39, 0.29) is 12.0 Å². The van der Waals surface area contributed by atoms with Crippen LogP contribution in [0.25, 0.3) is 0 Å². The Morgan fingerprint density at radius 1 is 1.46 bits per heavy atom. The second-order valence-electron chi connectivity index (χ2n) is 3.10. The van der Waals surface area contributed by atoms with Crippen LogP contribution in [0.5, 0.6) is 0 Å². The molecule has 0 aliphatic rings. The van der Waals surface area contributed by atoms with E-state index in [2.05, 4.69) is 15.6 Å². The van der Waals surface area contributed by atoms with E-state index in [1.807, 2.05) is 20.8 Å². The summed E-state index contributed by atoms with van der Waals surface area (Å²) in [5.74, 6) is 0. The highest BCUT2D eigenvalue weighted by Gasteiger charge is 2.09. The number of hydrogen-bond acceptors (Lipinski definition) is 4. The van der Waals surface area contributed by atoms with E-state index in [0.717, 1.165) is 0 Å². The van der Waals surface area contributed by atoms with Gasteiger partial charge in [0.25, 0.3) is 6.47 Å². The average molecular weight is 192 g/mol. The van der Waals surface area contributed by atoms with Gasteiger partial charge >= 0.3 is 6.09 Å². The van der Waals surface area contributed by atoms with Crippen LogP contribution in [0.3, 0.4) is 0 Å². The van der Waals surface area contributed by atoms with Crippen molar-refractivity contribution in [3.05, 3.63) is 0 Å². The molecule has 0 aromatic rings. The van der Waals surface area contributed by atoms with Crippen LogP contribution in [0.15, 0.2) is 0 Å². The standard InChI is InChI=1S/C6H14N2O2.CH2O2/c1-6(2,3)8-7-5(9)10-4;2-1-3/h8H,1-4H3,(H,7,9);1H,(H,2,3). The second kappa shape index (κ2) is 7.35. The van der Waals surface area contributed by atoms with E-state index in [4.69, 9.17) is 9.90 Å². The van der Waals surface area contributed by atoms with Gasteiger partial charge in [0.2, 0.25) is 0 Å². The van der Waals surface area contributed by atoms with Crippen LogP contribution in [0.2, 0.25) is 0 Å². The molecule has 0 unspecified atom stereocenters. The minimum absolute atomic E-state index is 0.131. The molecule has 0 aromatic carbocycles. The van der Waals surface area contributed by atoms with Crippen LogP contribution in [0, 0.1) is 0 Å². The fraction of sp³-hybridized carbons (Fsp3) is 0.714. The highest BCUT2D eigenvalue weighted by molar-refractivity contribution is 5.66. The molecule has 0 heterocycles. The number of ether oxygens (including phenoxy) is 1. The van der Waals surface area contributed by atoms with Crippen LogP contribution >= 0.6 is 0 Å². The number of carbonyl (C=O) groups is 2. The molecule has 0 aliphatic heterocycles. The zero-order chi connectivity index (χ0) is 10.9. The zero-order valence-electron chi connectivity index (χ0n) is 8.25. The Bertz CT molecular complexity index is 153. The monoisotopic (exact) mass is 192 g/mol. The summed E-state index contributed by atoms with van der Waals surface area (Å²) < 4.78 is 4.33. The van der Waals surface area contributed by atoms with Gasteiger partial charge in [-0.2, -0.15) is 0 Å². The normalized spacial score (nSPS) is 9.23. The van der Waals surface area contributed by atoms with Crippen molar-refractivity contribution in [2.45, 2.75) is 26.3 Å². The van der Waals surface area contributed by atoms with Gasteiger partial charge in [-0.3, -0.25) is 10.2 Å². The Balaban J connectivity index is 0. The van der Waals surface area contributed by atoms with Crippen LogP contribution in [-0.4, -0.2) is 30.3 Å². The maximum Gasteiger partial charge on any atom is 0.421 e. The molecular formula is C7H16N2O4. The lowest BCUT2D eigenvalue weighted by Gasteiger charge is -2.19. The summed E-state index contributed by atoms with van der Waals surface area (Å²) in [5, 5.41) is 6.89. The molecule has 0 aliphatic carbocycles. The zero-order valence-corrected chi connectivity index (χ0v) is 8.25. The number of methoxy groups -OCH3 is 1. The minimum Gasteiger partial charge on any atom is -0.483 e. The lowest BCUT2D eigenvalue weighted by Crippen LogP contribution is -2.48. The first-order valence-corrected chi connectivity index (χ1v) is 3.56. The molecule has 0 bridgehead atoms. The molecule has 3 N–H and O–H groups in total. The molecule has 0 fully saturated rings. The molecule has 1 amide bonds. The smallest absolute Gasteiger partial charge is 0.421 e. The van der Waals surface area contributed by atoms with Crippen molar-refractivity contribution in [3.8, 4) is 0 Å². The Hall–Kier alpha value is -1.30. The van der Waals surface area contributed by atoms with E-state index >= 15 is 0 Å². The third kappa shape index (κ3) is 18.0. The fourth-order valence-electron chi connectivity index (χ4n) is 0.290. The van der Waals surface area contributed by atoms with Crippen LogP contribution in [0.1, 0.15) is 20.8 Å². The molecule has 0 saturated carbocycles. The van der Waals surface area contributed by atoms with Gasteiger partial charge in [0.05, 0.1) is 7.11 Å². The van der Waals surface area contributed by atoms with Gasteiger partial charge in [0.15, 0.2) is 0 Å². The van der Waals surface area contributed by atoms with Gasteiger partial charge in [-0.25, -0.2) is 10.2 Å². The number of hydrazine groups is 1. The van der Waals surface area contributed by atoms with Gasteiger partial charge in [-0.1, -0.05) is 0 Å².